The molecule has 1 aliphatic heterocycles. The van der Waals surface area contributed by atoms with Crippen molar-refractivity contribution in [1.29, 1.82) is 0 Å². The van der Waals surface area contributed by atoms with E-state index in [-0.39, 0.29) is 12.5 Å². The molecule has 0 aliphatic carbocycles. The van der Waals surface area contributed by atoms with Gasteiger partial charge in [0.15, 0.2) is 6.61 Å². The highest BCUT2D eigenvalue weighted by molar-refractivity contribution is 5.77. The van der Waals surface area contributed by atoms with E-state index in [1.54, 1.807) is 0 Å². The molecule has 1 N–H and O–H groups in total. The summed E-state index contributed by atoms with van der Waals surface area (Å²) in [6, 6.07) is 7.69. The summed E-state index contributed by atoms with van der Waals surface area (Å²) in [6.45, 7) is 6.98. The number of nitrogens with one attached hydrogen (secondary N) is 1. The number of hydrogen-bond donors (Lipinski definition) is 1. The number of ether oxygens (including phenoxy) is 2. The molecule has 0 aromatic heterocycles. The summed E-state index contributed by atoms with van der Waals surface area (Å²) in [4.78, 5) is 14.0. The number of rotatable bonds is 6. The van der Waals surface area contributed by atoms with Crippen molar-refractivity contribution in [3.8, 4) is 5.75 Å². The zero-order valence-electron chi connectivity index (χ0n) is 11.9. The number of morpholine rings is 1. The Hall–Kier alpha value is -1.59. The van der Waals surface area contributed by atoms with Crippen LogP contribution in [-0.2, 0) is 9.53 Å². The van der Waals surface area contributed by atoms with Gasteiger partial charge in [0.05, 0.1) is 13.2 Å². The fraction of sp³-hybridized carbons (Fsp3) is 0.533. The fourth-order valence-corrected chi connectivity index (χ4v) is 2.09. The Morgan fingerprint density at radius 2 is 2.10 bits per heavy atom. The first-order valence-electron chi connectivity index (χ1n) is 7.01. The molecular formula is C15H22N2O3. The van der Waals surface area contributed by atoms with E-state index in [9.17, 15) is 4.79 Å². The lowest BCUT2D eigenvalue weighted by Crippen LogP contribution is -2.42. The Balaban J connectivity index is 1.62. The molecule has 1 fully saturated rings. The van der Waals surface area contributed by atoms with Gasteiger partial charge in [-0.3, -0.25) is 9.69 Å². The van der Waals surface area contributed by atoms with Gasteiger partial charge in [-0.05, 0) is 18.6 Å². The van der Waals surface area contributed by atoms with Gasteiger partial charge in [-0.15, -0.1) is 0 Å². The summed E-state index contributed by atoms with van der Waals surface area (Å²) >= 11 is 0. The molecule has 1 aromatic rings. The second-order valence-corrected chi connectivity index (χ2v) is 4.86. The fourth-order valence-electron chi connectivity index (χ4n) is 2.09. The maximum Gasteiger partial charge on any atom is 0.257 e. The summed E-state index contributed by atoms with van der Waals surface area (Å²) in [5.41, 5.74) is 1.04. The van der Waals surface area contributed by atoms with Gasteiger partial charge in [0, 0.05) is 26.2 Å². The van der Waals surface area contributed by atoms with Crippen LogP contribution in [0.25, 0.3) is 0 Å². The first-order chi connectivity index (χ1) is 9.75. The molecule has 0 radical (unpaired) electrons. The van der Waals surface area contributed by atoms with E-state index < -0.39 is 0 Å². The van der Waals surface area contributed by atoms with E-state index in [1.807, 2.05) is 31.2 Å². The summed E-state index contributed by atoms with van der Waals surface area (Å²) < 4.78 is 10.8. The number of carbonyl (C=O) groups excluding carboxylic acids is 1. The first-order valence-corrected chi connectivity index (χ1v) is 7.01. The zero-order chi connectivity index (χ0) is 14.2. The minimum atomic E-state index is -0.0819. The highest BCUT2D eigenvalue weighted by atomic mass is 16.5. The predicted octanol–water partition coefficient (Wildman–Crippen LogP) is 0.822. The van der Waals surface area contributed by atoms with Crippen molar-refractivity contribution in [1.82, 2.24) is 10.2 Å². The molecule has 5 heteroatoms. The number of para-hydroxylation sites is 1. The van der Waals surface area contributed by atoms with Crippen LogP contribution in [0.3, 0.4) is 0 Å². The number of hydrogen-bond acceptors (Lipinski definition) is 4. The summed E-state index contributed by atoms with van der Waals surface area (Å²) in [5, 5.41) is 2.87. The molecule has 1 aliphatic rings. The van der Waals surface area contributed by atoms with Gasteiger partial charge in [0.1, 0.15) is 5.75 Å². The van der Waals surface area contributed by atoms with E-state index in [1.165, 1.54) is 0 Å². The van der Waals surface area contributed by atoms with Crippen LogP contribution in [0.1, 0.15) is 5.56 Å². The van der Waals surface area contributed by atoms with E-state index in [0.717, 1.165) is 44.2 Å². The number of benzene rings is 1. The van der Waals surface area contributed by atoms with Crippen molar-refractivity contribution >= 4 is 5.91 Å². The SMILES string of the molecule is Cc1ccccc1OCC(=O)NCCN1CCOCC1. The third-order valence-electron chi connectivity index (χ3n) is 3.31. The third-order valence-corrected chi connectivity index (χ3v) is 3.31. The number of carbonyl (C=O) groups is 1. The first kappa shape index (κ1) is 14.8. The van der Waals surface area contributed by atoms with Gasteiger partial charge >= 0.3 is 0 Å². The van der Waals surface area contributed by atoms with Gasteiger partial charge in [0.25, 0.3) is 5.91 Å². The van der Waals surface area contributed by atoms with Crippen LogP contribution in [-0.4, -0.2) is 56.8 Å². The van der Waals surface area contributed by atoms with Crippen molar-refractivity contribution in [3.05, 3.63) is 29.8 Å². The van der Waals surface area contributed by atoms with E-state index in [0.29, 0.717) is 6.54 Å². The van der Waals surface area contributed by atoms with Crippen LogP contribution in [0.4, 0.5) is 0 Å². The minimum Gasteiger partial charge on any atom is -0.484 e. The largest absolute Gasteiger partial charge is 0.484 e. The van der Waals surface area contributed by atoms with Gasteiger partial charge in [-0.25, -0.2) is 0 Å². The molecule has 0 atom stereocenters. The van der Waals surface area contributed by atoms with Crippen molar-refractivity contribution in [2.24, 2.45) is 0 Å². The Morgan fingerprint density at radius 3 is 2.85 bits per heavy atom. The average molecular weight is 278 g/mol. The smallest absolute Gasteiger partial charge is 0.257 e. The molecule has 0 unspecified atom stereocenters. The summed E-state index contributed by atoms with van der Waals surface area (Å²) in [7, 11) is 0. The Bertz CT molecular complexity index is 431. The number of amides is 1. The molecule has 1 amide bonds. The van der Waals surface area contributed by atoms with E-state index in [2.05, 4.69) is 10.2 Å². The van der Waals surface area contributed by atoms with Crippen LogP contribution in [0.5, 0.6) is 5.75 Å². The van der Waals surface area contributed by atoms with Gasteiger partial charge in [-0.2, -0.15) is 0 Å². The summed E-state index contributed by atoms with van der Waals surface area (Å²) in [5.74, 6) is 0.678. The second kappa shape index (κ2) is 7.87. The van der Waals surface area contributed by atoms with Crippen molar-refractivity contribution in [2.75, 3.05) is 46.0 Å². The lowest BCUT2D eigenvalue weighted by Gasteiger charge is -2.26. The van der Waals surface area contributed by atoms with Crippen LogP contribution >= 0.6 is 0 Å². The van der Waals surface area contributed by atoms with Crippen molar-refractivity contribution in [3.63, 3.8) is 0 Å². The molecule has 2 rings (SSSR count). The van der Waals surface area contributed by atoms with E-state index >= 15 is 0 Å². The second-order valence-electron chi connectivity index (χ2n) is 4.86. The Morgan fingerprint density at radius 1 is 1.35 bits per heavy atom. The summed E-state index contributed by atoms with van der Waals surface area (Å²) in [6.07, 6.45) is 0. The van der Waals surface area contributed by atoms with Gasteiger partial charge in [-0.1, -0.05) is 18.2 Å². The highest BCUT2D eigenvalue weighted by Crippen LogP contribution is 2.15. The molecule has 1 saturated heterocycles. The molecular weight excluding hydrogens is 256 g/mol. The zero-order valence-corrected chi connectivity index (χ0v) is 11.9. The normalized spacial score (nSPS) is 15.8. The minimum absolute atomic E-state index is 0.0635. The van der Waals surface area contributed by atoms with Crippen LogP contribution < -0.4 is 10.1 Å². The standard InChI is InChI=1S/C15H22N2O3/c1-13-4-2-3-5-14(13)20-12-15(18)16-6-7-17-8-10-19-11-9-17/h2-5H,6-12H2,1H3,(H,16,18). The number of aryl methyl sites for hydroxylation is 1. The molecule has 5 nitrogen and oxygen atoms in total. The molecule has 0 spiro atoms. The van der Waals surface area contributed by atoms with Crippen molar-refractivity contribution in [2.45, 2.75) is 6.92 Å². The monoisotopic (exact) mass is 278 g/mol. The molecule has 0 bridgehead atoms. The maximum absolute atomic E-state index is 11.7. The number of nitrogens with zero attached hydrogens (tertiary/aromatic N) is 1. The Labute approximate surface area is 119 Å². The Kier molecular flexibility index (Phi) is 5.83. The van der Waals surface area contributed by atoms with Crippen LogP contribution in [0.2, 0.25) is 0 Å². The average Bonchev–Trinajstić information content (AvgIpc) is 2.47. The topological polar surface area (TPSA) is 50.8 Å². The van der Waals surface area contributed by atoms with E-state index in [4.69, 9.17) is 9.47 Å². The lowest BCUT2D eigenvalue weighted by atomic mass is 10.2. The van der Waals surface area contributed by atoms with Crippen molar-refractivity contribution < 1.29 is 14.3 Å². The quantitative estimate of drug-likeness (QED) is 0.837. The van der Waals surface area contributed by atoms with Gasteiger partial charge < -0.3 is 14.8 Å². The maximum atomic E-state index is 11.7. The lowest BCUT2D eigenvalue weighted by molar-refractivity contribution is -0.123. The predicted molar refractivity (Wildman–Crippen MR) is 76.9 cm³/mol. The molecule has 110 valence electrons. The molecule has 20 heavy (non-hydrogen) atoms. The van der Waals surface area contributed by atoms with Gasteiger partial charge in [0.2, 0.25) is 0 Å². The molecule has 1 aromatic carbocycles. The third kappa shape index (κ3) is 4.83. The molecule has 1 heterocycles. The van der Waals surface area contributed by atoms with Crippen LogP contribution in [0.15, 0.2) is 24.3 Å². The highest BCUT2D eigenvalue weighted by Gasteiger charge is 2.10. The van der Waals surface area contributed by atoms with Crippen LogP contribution in [0, 0.1) is 6.92 Å². The molecule has 0 saturated carbocycles.